The molecule has 0 bridgehead atoms. The minimum absolute atomic E-state index is 0.394. The van der Waals surface area contributed by atoms with Crippen molar-refractivity contribution in [2.75, 3.05) is 31.5 Å². The van der Waals surface area contributed by atoms with Crippen LogP contribution in [0.3, 0.4) is 0 Å². The zero-order valence-corrected chi connectivity index (χ0v) is 18.9. The SMILES string of the molecule is N#Cc1cc(C/C=C/C(=N\O)c2ccc(Cl)c(Cl)c2)sc1NCCN1CCCCC1. The van der Waals surface area contributed by atoms with E-state index in [1.807, 2.05) is 12.1 Å². The Bertz CT molecular complexity index is 959. The molecule has 1 aliphatic rings. The van der Waals surface area contributed by atoms with Gasteiger partial charge in [-0.1, -0.05) is 46.9 Å². The molecule has 1 fully saturated rings. The highest BCUT2D eigenvalue weighted by Crippen LogP contribution is 2.28. The summed E-state index contributed by atoms with van der Waals surface area (Å²) in [7, 11) is 0. The third kappa shape index (κ3) is 6.23. The number of nitrogens with one attached hydrogen (secondary N) is 1. The van der Waals surface area contributed by atoms with Crippen molar-refractivity contribution in [3.8, 4) is 6.07 Å². The van der Waals surface area contributed by atoms with Gasteiger partial charge in [0.05, 0.1) is 15.6 Å². The first-order valence-corrected chi connectivity index (χ1v) is 11.5. The Labute approximate surface area is 191 Å². The largest absolute Gasteiger partial charge is 0.410 e. The number of hydrogen-bond donors (Lipinski definition) is 2. The predicted octanol–water partition coefficient (Wildman–Crippen LogP) is 5.80. The van der Waals surface area contributed by atoms with Crippen molar-refractivity contribution in [3.05, 3.63) is 62.5 Å². The Morgan fingerprint density at radius 2 is 2.03 bits per heavy atom. The van der Waals surface area contributed by atoms with Gasteiger partial charge < -0.3 is 15.4 Å². The number of oxime groups is 1. The van der Waals surface area contributed by atoms with Crippen LogP contribution in [0.4, 0.5) is 5.00 Å². The van der Waals surface area contributed by atoms with E-state index in [9.17, 15) is 10.5 Å². The highest BCUT2D eigenvalue weighted by Gasteiger charge is 2.11. The van der Waals surface area contributed by atoms with Crippen LogP contribution in [-0.4, -0.2) is 42.0 Å². The molecular weight excluding hydrogens is 439 g/mol. The molecule has 8 heteroatoms. The number of benzene rings is 1. The van der Waals surface area contributed by atoms with Crippen LogP contribution in [0.1, 0.15) is 35.3 Å². The van der Waals surface area contributed by atoms with Crippen LogP contribution in [0.2, 0.25) is 10.0 Å². The number of likely N-dealkylation sites (tertiary alicyclic amines) is 1. The van der Waals surface area contributed by atoms with Crippen LogP contribution in [0, 0.1) is 11.3 Å². The molecule has 0 spiro atoms. The summed E-state index contributed by atoms with van der Waals surface area (Å²) >= 11 is 13.6. The molecule has 158 valence electrons. The lowest BCUT2D eigenvalue weighted by atomic mass is 10.1. The highest BCUT2D eigenvalue weighted by atomic mass is 35.5. The Morgan fingerprint density at radius 1 is 1.23 bits per heavy atom. The van der Waals surface area contributed by atoms with Crippen molar-refractivity contribution in [2.24, 2.45) is 5.16 Å². The Hall–Kier alpha value is -2.04. The van der Waals surface area contributed by atoms with Gasteiger partial charge in [-0.25, -0.2) is 0 Å². The average molecular weight is 463 g/mol. The monoisotopic (exact) mass is 462 g/mol. The quantitative estimate of drug-likeness (QED) is 0.295. The molecule has 2 heterocycles. The van der Waals surface area contributed by atoms with Gasteiger partial charge in [-0.2, -0.15) is 5.26 Å². The van der Waals surface area contributed by atoms with E-state index in [0.29, 0.717) is 33.3 Å². The van der Waals surface area contributed by atoms with Crippen molar-refractivity contribution in [3.63, 3.8) is 0 Å². The molecule has 2 N–H and O–H groups in total. The van der Waals surface area contributed by atoms with Gasteiger partial charge in [0.25, 0.3) is 0 Å². The first-order valence-electron chi connectivity index (χ1n) is 9.93. The molecule has 0 radical (unpaired) electrons. The van der Waals surface area contributed by atoms with Crippen LogP contribution in [0.5, 0.6) is 0 Å². The fourth-order valence-corrected chi connectivity index (χ4v) is 4.70. The summed E-state index contributed by atoms with van der Waals surface area (Å²) in [6.45, 7) is 4.17. The summed E-state index contributed by atoms with van der Waals surface area (Å²) in [5.41, 5.74) is 1.74. The number of allylic oxidation sites excluding steroid dienone is 2. The lowest BCUT2D eigenvalue weighted by Crippen LogP contribution is -2.33. The predicted molar refractivity (Wildman–Crippen MR) is 125 cm³/mol. The molecule has 1 aromatic carbocycles. The number of halogens is 2. The molecule has 1 aliphatic heterocycles. The number of anilines is 1. The summed E-state index contributed by atoms with van der Waals surface area (Å²) in [5, 5.41) is 27.3. The molecule has 0 amide bonds. The van der Waals surface area contributed by atoms with Crippen molar-refractivity contribution < 1.29 is 5.21 Å². The van der Waals surface area contributed by atoms with E-state index in [0.717, 1.165) is 23.0 Å². The zero-order chi connectivity index (χ0) is 21.3. The standard InChI is InChI=1S/C22H24Cl2N4OS/c23-19-8-7-16(14-20(19)24)21(27-29)6-4-5-18-13-17(15-25)22(30-18)26-9-12-28-10-2-1-3-11-28/h4,6-8,13-14,26,29H,1-3,5,9-12H2/b6-4+,27-21+. The number of rotatable bonds is 8. The second-order valence-corrected chi connectivity index (χ2v) is 9.07. The van der Waals surface area contributed by atoms with E-state index in [1.54, 1.807) is 35.6 Å². The summed E-state index contributed by atoms with van der Waals surface area (Å²) in [6, 6.07) is 9.25. The van der Waals surface area contributed by atoms with E-state index in [1.165, 1.54) is 32.4 Å². The molecule has 1 saturated heterocycles. The number of nitriles is 1. The van der Waals surface area contributed by atoms with Gasteiger partial charge in [-0.05, 0) is 50.2 Å². The molecule has 30 heavy (non-hydrogen) atoms. The number of hydrogen-bond acceptors (Lipinski definition) is 6. The Balaban J connectivity index is 1.58. The molecular formula is C22H24Cl2N4OS. The fraction of sp³-hybridized carbons (Fsp3) is 0.364. The smallest absolute Gasteiger partial charge is 0.109 e. The molecule has 0 aliphatic carbocycles. The maximum absolute atomic E-state index is 9.44. The first-order chi connectivity index (χ1) is 14.6. The lowest BCUT2D eigenvalue weighted by molar-refractivity contribution is 0.237. The van der Waals surface area contributed by atoms with Crippen LogP contribution in [-0.2, 0) is 6.42 Å². The fourth-order valence-electron chi connectivity index (χ4n) is 3.40. The third-order valence-corrected chi connectivity index (χ3v) is 6.84. The van der Waals surface area contributed by atoms with Gasteiger partial charge in [-0.15, -0.1) is 11.3 Å². The van der Waals surface area contributed by atoms with E-state index < -0.39 is 0 Å². The summed E-state index contributed by atoms with van der Waals surface area (Å²) in [6.07, 6.45) is 8.16. The zero-order valence-electron chi connectivity index (χ0n) is 16.6. The van der Waals surface area contributed by atoms with E-state index in [4.69, 9.17) is 23.2 Å². The number of thiophene rings is 1. The van der Waals surface area contributed by atoms with Crippen molar-refractivity contribution in [2.45, 2.75) is 25.7 Å². The summed E-state index contributed by atoms with van der Waals surface area (Å²) in [4.78, 5) is 3.54. The topological polar surface area (TPSA) is 71.6 Å². The summed E-state index contributed by atoms with van der Waals surface area (Å²) < 4.78 is 0. The molecule has 2 aromatic rings. The molecule has 0 unspecified atom stereocenters. The average Bonchev–Trinajstić information content (AvgIpc) is 3.16. The first kappa shape index (κ1) is 22.6. The van der Waals surface area contributed by atoms with E-state index in [2.05, 4.69) is 21.4 Å². The maximum atomic E-state index is 9.44. The molecule has 1 aromatic heterocycles. The lowest BCUT2D eigenvalue weighted by Gasteiger charge is -2.26. The minimum Gasteiger partial charge on any atom is -0.410 e. The molecule has 5 nitrogen and oxygen atoms in total. The van der Waals surface area contributed by atoms with E-state index >= 15 is 0 Å². The van der Waals surface area contributed by atoms with Crippen LogP contribution in [0.15, 0.2) is 41.6 Å². The Morgan fingerprint density at radius 3 is 2.73 bits per heavy atom. The highest BCUT2D eigenvalue weighted by molar-refractivity contribution is 7.16. The van der Waals surface area contributed by atoms with Gasteiger partial charge in [0, 0.05) is 30.0 Å². The van der Waals surface area contributed by atoms with Crippen LogP contribution < -0.4 is 5.32 Å². The van der Waals surface area contributed by atoms with Gasteiger partial charge in [-0.3, -0.25) is 0 Å². The minimum atomic E-state index is 0.394. The number of piperidine rings is 1. The third-order valence-electron chi connectivity index (χ3n) is 4.98. The van der Waals surface area contributed by atoms with Crippen LogP contribution >= 0.6 is 34.5 Å². The van der Waals surface area contributed by atoms with Gasteiger partial charge in [0.2, 0.25) is 0 Å². The van der Waals surface area contributed by atoms with Gasteiger partial charge >= 0.3 is 0 Å². The van der Waals surface area contributed by atoms with Crippen LogP contribution in [0.25, 0.3) is 0 Å². The van der Waals surface area contributed by atoms with Crippen molar-refractivity contribution >= 4 is 45.3 Å². The number of nitrogens with zero attached hydrogens (tertiary/aromatic N) is 3. The van der Waals surface area contributed by atoms with Gasteiger partial charge in [0.15, 0.2) is 0 Å². The van der Waals surface area contributed by atoms with E-state index in [-0.39, 0.29) is 0 Å². The van der Waals surface area contributed by atoms with Crippen molar-refractivity contribution in [1.82, 2.24) is 4.90 Å². The maximum Gasteiger partial charge on any atom is 0.109 e. The molecule has 3 rings (SSSR count). The molecule has 0 saturated carbocycles. The summed E-state index contributed by atoms with van der Waals surface area (Å²) in [5.74, 6) is 0. The molecule has 0 atom stereocenters. The normalized spacial score (nSPS) is 15.4. The van der Waals surface area contributed by atoms with Crippen molar-refractivity contribution in [1.29, 1.82) is 5.26 Å². The van der Waals surface area contributed by atoms with Gasteiger partial charge in [0.1, 0.15) is 16.8 Å². The Kier molecular flexibility index (Phi) is 8.59. The second-order valence-electron chi connectivity index (χ2n) is 7.12. The second kappa shape index (κ2) is 11.4.